The number of benzene rings is 2. The fraction of sp³-hybridized carbons (Fsp3) is 0.278. The number of carbonyl (C=O) groups excluding carboxylic acids is 1. The summed E-state index contributed by atoms with van der Waals surface area (Å²) in [6.07, 6.45) is -0.460. The van der Waals surface area contributed by atoms with Crippen molar-refractivity contribution in [1.29, 1.82) is 0 Å². The van der Waals surface area contributed by atoms with Crippen molar-refractivity contribution < 1.29 is 9.90 Å². The topological polar surface area (TPSA) is 40.5 Å². The minimum absolute atomic E-state index is 0.0103. The molecule has 2 aromatic carbocycles. The SMILES string of the molecule is CN(C)C(=O)c1cccc(CSC[C@H](O)c2ccccc2)c1. The lowest BCUT2D eigenvalue weighted by molar-refractivity contribution is 0.0827. The Morgan fingerprint density at radius 2 is 1.86 bits per heavy atom. The first kappa shape index (κ1) is 16.6. The smallest absolute Gasteiger partial charge is 0.253 e. The van der Waals surface area contributed by atoms with Crippen LogP contribution in [0.25, 0.3) is 0 Å². The van der Waals surface area contributed by atoms with Crippen molar-refractivity contribution in [2.24, 2.45) is 0 Å². The molecule has 0 aliphatic rings. The van der Waals surface area contributed by atoms with E-state index in [4.69, 9.17) is 0 Å². The maximum Gasteiger partial charge on any atom is 0.253 e. The van der Waals surface area contributed by atoms with Gasteiger partial charge in [0.1, 0.15) is 0 Å². The van der Waals surface area contributed by atoms with E-state index in [1.165, 1.54) is 0 Å². The van der Waals surface area contributed by atoms with Crippen LogP contribution < -0.4 is 0 Å². The molecule has 1 N–H and O–H groups in total. The Kier molecular flexibility index (Phi) is 6.04. The van der Waals surface area contributed by atoms with E-state index < -0.39 is 6.10 Å². The number of aliphatic hydroxyl groups is 1. The normalized spacial score (nSPS) is 12.0. The zero-order chi connectivity index (χ0) is 15.9. The number of hydrogen-bond donors (Lipinski definition) is 1. The number of hydrogen-bond acceptors (Lipinski definition) is 3. The minimum atomic E-state index is -0.460. The molecule has 0 fully saturated rings. The van der Waals surface area contributed by atoms with Gasteiger partial charge < -0.3 is 10.0 Å². The lowest BCUT2D eigenvalue weighted by Crippen LogP contribution is -2.21. The van der Waals surface area contributed by atoms with Crippen molar-refractivity contribution >= 4 is 17.7 Å². The van der Waals surface area contributed by atoms with Gasteiger partial charge in [-0.05, 0) is 23.3 Å². The van der Waals surface area contributed by atoms with Crippen LogP contribution in [-0.4, -0.2) is 35.8 Å². The molecule has 0 aromatic heterocycles. The van der Waals surface area contributed by atoms with E-state index >= 15 is 0 Å². The summed E-state index contributed by atoms with van der Waals surface area (Å²) in [5.41, 5.74) is 2.73. The second-order valence-corrected chi connectivity index (χ2v) is 6.37. The molecule has 2 rings (SSSR count). The molecule has 0 heterocycles. The fourth-order valence-electron chi connectivity index (χ4n) is 2.11. The van der Waals surface area contributed by atoms with E-state index in [2.05, 4.69) is 0 Å². The lowest BCUT2D eigenvalue weighted by Gasteiger charge is -2.12. The van der Waals surface area contributed by atoms with Crippen LogP contribution in [0.15, 0.2) is 54.6 Å². The van der Waals surface area contributed by atoms with Crippen molar-refractivity contribution in [3.63, 3.8) is 0 Å². The number of carbonyl (C=O) groups is 1. The van der Waals surface area contributed by atoms with Crippen LogP contribution in [0.5, 0.6) is 0 Å². The van der Waals surface area contributed by atoms with Gasteiger partial charge in [-0.1, -0.05) is 42.5 Å². The van der Waals surface area contributed by atoms with Crippen LogP contribution in [-0.2, 0) is 5.75 Å². The fourth-order valence-corrected chi connectivity index (χ4v) is 3.06. The predicted octanol–water partition coefficient (Wildman–Crippen LogP) is 3.36. The van der Waals surface area contributed by atoms with Crippen LogP contribution in [0.2, 0.25) is 0 Å². The summed E-state index contributed by atoms with van der Waals surface area (Å²) >= 11 is 1.66. The average molecular weight is 315 g/mol. The van der Waals surface area contributed by atoms with Gasteiger partial charge in [-0.25, -0.2) is 0 Å². The third-order valence-corrected chi connectivity index (χ3v) is 4.40. The average Bonchev–Trinajstić information content (AvgIpc) is 2.55. The molecule has 2 aromatic rings. The van der Waals surface area contributed by atoms with Gasteiger partial charge in [0.2, 0.25) is 0 Å². The van der Waals surface area contributed by atoms with E-state index in [0.717, 1.165) is 16.9 Å². The van der Waals surface area contributed by atoms with Crippen molar-refractivity contribution in [3.8, 4) is 0 Å². The van der Waals surface area contributed by atoms with E-state index in [1.807, 2.05) is 54.6 Å². The number of aliphatic hydroxyl groups excluding tert-OH is 1. The molecule has 0 radical (unpaired) electrons. The summed E-state index contributed by atoms with van der Waals surface area (Å²) in [7, 11) is 3.50. The highest BCUT2D eigenvalue weighted by atomic mass is 32.2. The Hall–Kier alpha value is -1.78. The number of rotatable bonds is 6. The highest BCUT2D eigenvalue weighted by molar-refractivity contribution is 7.98. The molecule has 0 saturated heterocycles. The van der Waals surface area contributed by atoms with Gasteiger partial charge in [-0.3, -0.25) is 4.79 Å². The maximum absolute atomic E-state index is 11.9. The molecule has 0 spiro atoms. The molecule has 4 heteroatoms. The third-order valence-electron chi connectivity index (χ3n) is 3.31. The van der Waals surface area contributed by atoms with Gasteiger partial charge in [0.25, 0.3) is 5.91 Å². The lowest BCUT2D eigenvalue weighted by atomic mass is 10.1. The Labute approximate surface area is 136 Å². The van der Waals surface area contributed by atoms with Crippen LogP contribution in [0.4, 0.5) is 0 Å². The Bertz CT molecular complexity index is 613. The molecular weight excluding hydrogens is 294 g/mol. The molecule has 22 heavy (non-hydrogen) atoms. The second kappa shape index (κ2) is 8.01. The van der Waals surface area contributed by atoms with Crippen LogP contribution >= 0.6 is 11.8 Å². The summed E-state index contributed by atoms with van der Waals surface area (Å²) in [6.45, 7) is 0. The number of amides is 1. The molecule has 1 amide bonds. The monoisotopic (exact) mass is 315 g/mol. The van der Waals surface area contributed by atoms with E-state index in [1.54, 1.807) is 30.8 Å². The van der Waals surface area contributed by atoms with Crippen LogP contribution in [0, 0.1) is 0 Å². The van der Waals surface area contributed by atoms with Crippen LogP contribution in [0.1, 0.15) is 27.6 Å². The predicted molar refractivity (Wildman–Crippen MR) is 92.0 cm³/mol. The molecule has 0 unspecified atom stereocenters. The quantitative estimate of drug-likeness (QED) is 0.888. The standard InChI is InChI=1S/C18H21NO2S/c1-19(2)18(21)16-10-6-7-14(11-16)12-22-13-17(20)15-8-4-3-5-9-15/h3-11,17,20H,12-13H2,1-2H3/t17-/m0/s1. The van der Waals surface area contributed by atoms with Gasteiger partial charge >= 0.3 is 0 Å². The number of nitrogens with zero attached hydrogens (tertiary/aromatic N) is 1. The molecule has 3 nitrogen and oxygen atoms in total. The van der Waals surface area contributed by atoms with E-state index in [-0.39, 0.29) is 5.91 Å². The Morgan fingerprint density at radius 3 is 2.55 bits per heavy atom. The molecule has 0 aliphatic carbocycles. The van der Waals surface area contributed by atoms with E-state index in [0.29, 0.717) is 11.3 Å². The summed E-state index contributed by atoms with van der Waals surface area (Å²) in [6, 6.07) is 17.3. The molecule has 116 valence electrons. The molecule has 0 aliphatic heterocycles. The summed E-state index contributed by atoms with van der Waals surface area (Å²) < 4.78 is 0. The summed E-state index contributed by atoms with van der Waals surface area (Å²) in [5.74, 6) is 1.42. The van der Waals surface area contributed by atoms with Gasteiger partial charge in [-0.2, -0.15) is 11.8 Å². The van der Waals surface area contributed by atoms with Gasteiger partial charge in [0, 0.05) is 31.2 Å². The van der Waals surface area contributed by atoms with Crippen molar-refractivity contribution in [2.75, 3.05) is 19.8 Å². The summed E-state index contributed by atoms with van der Waals surface area (Å²) in [4.78, 5) is 13.5. The van der Waals surface area contributed by atoms with E-state index in [9.17, 15) is 9.90 Å². The largest absolute Gasteiger partial charge is 0.388 e. The molecule has 0 bridgehead atoms. The van der Waals surface area contributed by atoms with Crippen molar-refractivity contribution in [3.05, 3.63) is 71.3 Å². The Morgan fingerprint density at radius 1 is 1.14 bits per heavy atom. The van der Waals surface area contributed by atoms with Crippen LogP contribution in [0.3, 0.4) is 0 Å². The van der Waals surface area contributed by atoms with Crippen molar-refractivity contribution in [2.45, 2.75) is 11.9 Å². The highest BCUT2D eigenvalue weighted by Gasteiger charge is 2.09. The molecule has 1 atom stereocenters. The van der Waals surface area contributed by atoms with Gasteiger partial charge in [0.05, 0.1) is 6.10 Å². The van der Waals surface area contributed by atoms with Gasteiger partial charge in [-0.15, -0.1) is 0 Å². The Balaban J connectivity index is 1.89. The maximum atomic E-state index is 11.9. The summed E-state index contributed by atoms with van der Waals surface area (Å²) in [5, 5.41) is 10.1. The minimum Gasteiger partial charge on any atom is -0.388 e. The first-order valence-electron chi connectivity index (χ1n) is 7.19. The molecule has 0 saturated carbocycles. The zero-order valence-corrected chi connectivity index (χ0v) is 13.7. The molecular formula is C18H21NO2S. The second-order valence-electron chi connectivity index (χ2n) is 5.34. The third kappa shape index (κ3) is 4.61. The first-order chi connectivity index (χ1) is 10.6. The number of thioether (sulfide) groups is 1. The zero-order valence-electron chi connectivity index (χ0n) is 12.9. The van der Waals surface area contributed by atoms with Gasteiger partial charge in [0.15, 0.2) is 0 Å². The highest BCUT2D eigenvalue weighted by Crippen LogP contribution is 2.21. The first-order valence-corrected chi connectivity index (χ1v) is 8.34. The van der Waals surface area contributed by atoms with Crippen molar-refractivity contribution in [1.82, 2.24) is 4.90 Å².